The minimum atomic E-state index is -3.06. The van der Waals surface area contributed by atoms with Crippen molar-refractivity contribution in [2.24, 2.45) is 5.92 Å². The van der Waals surface area contributed by atoms with Crippen molar-refractivity contribution in [2.75, 3.05) is 35.9 Å². The zero-order chi connectivity index (χ0) is 20.0. The molecule has 9 nitrogen and oxygen atoms in total. The summed E-state index contributed by atoms with van der Waals surface area (Å²) >= 11 is 0. The van der Waals surface area contributed by atoms with Gasteiger partial charge in [-0.3, -0.25) is 14.4 Å². The first-order valence-corrected chi connectivity index (χ1v) is 10.1. The van der Waals surface area contributed by atoms with Gasteiger partial charge in [-0.25, -0.2) is 8.42 Å². The van der Waals surface area contributed by atoms with E-state index in [-0.39, 0.29) is 29.8 Å². The van der Waals surface area contributed by atoms with Crippen molar-refractivity contribution in [1.82, 2.24) is 0 Å². The summed E-state index contributed by atoms with van der Waals surface area (Å²) in [6, 6.07) is 4.71. The van der Waals surface area contributed by atoms with E-state index >= 15 is 0 Å². The van der Waals surface area contributed by atoms with E-state index in [1.165, 1.54) is 20.1 Å². The lowest BCUT2D eigenvalue weighted by atomic mass is 10.1. The Morgan fingerprint density at radius 2 is 1.96 bits per heavy atom. The van der Waals surface area contributed by atoms with Gasteiger partial charge in [0.1, 0.15) is 5.75 Å². The zero-order valence-corrected chi connectivity index (χ0v) is 15.9. The van der Waals surface area contributed by atoms with Gasteiger partial charge in [-0.15, -0.1) is 0 Å². The Kier molecular flexibility index (Phi) is 6.78. The van der Waals surface area contributed by atoms with E-state index < -0.39 is 28.3 Å². The van der Waals surface area contributed by atoms with Crippen molar-refractivity contribution < 1.29 is 32.3 Å². The van der Waals surface area contributed by atoms with Gasteiger partial charge < -0.3 is 20.1 Å². The van der Waals surface area contributed by atoms with E-state index in [4.69, 9.17) is 9.47 Å². The second-order valence-electron chi connectivity index (χ2n) is 6.28. The number of hydrogen-bond donors (Lipinski definition) is 2. The summed E-state index contributed by atoms with van der Waals surface area (Å²) in [5, 5.41) is 5.14. The SMILES string of the molecule is COc1ccc(NC(C)=O)cc1NC(=O)COC(=O)C[C@@H]1CCS(=O)(=O)C1. The number of benzene rings is 1. The average molecular weight is 398 g/mol. The lowest BCUT2D eigenvalue weighted by molar-refractivity contribution is -0.148. The molecule has 2 N–H and O–H groups in total. The maximum absolute atomic E-state index is 12.0. The van der Waals surface area contributed by atoms with Gasteiger partial charge >= 0.3 is 5.97 Å². The van der Waals surface area contributed by atoms with Gasteiger partial charge in [0.2, 0.25) is 5.91 Å². The number of carbonyl (C=O) groups excluding carboxylic acids is 3. The lowest BCUT2D eigenvalue weighted by Crippen LogP contribution is -2.22. The van der Waals surface area contributed by atoms with E-state index in [1.54, 1.807) is 12.1 Å². The molecule has 1 heterocycles. The number of anilines is 2. The topological polar surface area (TPSA) is 128 Å². The summed E-state index contributed by atoms with van der Waals surface area (Å²) in [5.74, 6) is -1.30. The van der Waals surface area contributed by atoms with Gasteiger partial charge in [0, 0.05) is 19.0 Å². The van der Waals surface area contributed by atoms with Crippen LogP contribution >= 0.6 is 0 Å². The van der Waals surface area contributed by atoms with Crippen LogP contribution in [0.25, 0.3) is 0 Å². The van der Waals surface area contributed by atoms with Crippen LogP contribution in [0.5, 0.6) is 5.75 Å². The van der Waals surface area contributed by atoms with Gasteiger partial charge in [-0.1, -0.05) is 0 Å². The average Bonchev–Trinajstić information content (AvgIpc) is 2.91. The molecular weight excluding hydrogens is 376 g/mol. The summed E-state index contributed by atoms with van der Waals surface area (Å²) in [4.78, 5) is 35.0. The minimum Gasteiger partial charge on any atom is -0.495 e. The first kappa shape index (κ1) is 20.7. The van der Waals surface area contributed by atoms with Crippen molar-refractivity contribution in [3.63, 3.8) is 0 Å². The molecule has 2 rings (SSSR count). The largest absolute Gasteiger partial charge is 0.495 e. The second kappa shape index (κ2) is 8.85. The van der Waals surface area contributed by atoms with Crippen molar-refractivity contribution in [2.45, 2.75) is 19.8 Å². The van der Waals surface area contributed by atoms with E-state index in [9.17, 15) is 22.8 Å². The van der Waals surface area contributed by atoms with Gasteiger partial charge in [0.25, 0.3) is 5.91 Å². The molecule has 0 spiro atoms. The van der Waals surface area contributed by atoms with Crippen LogP contribution in [0.2, 0.25) is 0 Å². The molecule has 148 valence electrons. The molecule has 2 amide bonds. The van der Waals surface area contributed by atoms with Crippen molar-refractivity contribution in [3.8, 4) is 5.75 Å². The molecule has 0 aliphatic carbocycles. The molecule has 0 bridgehead atoms. The van der Waals surface area contributed by atoms with Crippen LogP contribution in [0.15, 0.2) is 18.2 Å². The van der Waals surface area contributed by atoms with E-state index in [1.807, 2.05) is 0 Å². The lowest BCUT2D eigenvalue weighted by Gasteiger charge is -2.13. The molecule has 1 aliphatic heterocycles. The quantitative estimate of drug-likeness (QED) is 0.655. The summed E-state index contributed by atoms with van der Waals surface area (Å²) in [6.07, 6.45) is 0.393. The summed E-state index contributed by atoms with van der Waals surface area (Å²) in [5.41, 5.74) is 0.782. The van der Waals surface area contributed by atoms with Crippen LogP contribution in [0.4, 0.5) is 11.4 Å². The zero-order valence-electron chi connectivity index (χ0n) is 15.1. The fourth-order valence-electron chi connectivity index (χ4n) is 2.75. The molecule has 0 saturated carbocycles. The monoisotopic (exact) mass is 398 g/mol. The Bertz CT molecular complexity index is 836. The summed E-state index contributed by atoms with van der Waals surface area (Å²) in [6.45, 7) is 0.851. The molecule has 1 saturated heterocycles. The molecule has 0 unspecified atom stereocenters. The number of sulfone groups is 1. The molecule has 27 heavy (non-hydrogen) atoms. The maximum atomic E-state index is 12.0. The van der Waals surface area contributed by atoms with Crippen molar-refractivity contribution >= 4 is 39.0 Å². The van der Waals surface area contributed by atoms with Crippen LogP contribution in [0, 0.1) is 5.92 Å². The van der Waals surface area contributed by atoms with Gasteiger partial charge in [0.05, 0.1) is 24.3 Å². The summed E-state index contributed by atoms with van der Waals surface area (Å²) in [7, 11) is -1.64. The number of carbonyl (C=O) groups is 3. The molecule has 10 heteroatoms. The fraction of sp³-hybridized carbons (Fsp3) is 0.471. The van der Waals surface area contributed by atoms with Gasteiger partial charge in [0.15, 0.2) is 16.4 Å². The van der Waals surface area contributed by atoms with Crippen LogP contribution in [-0.4, -0.2) is 51.4 Å². The number of amides is 2. The minimum absolute atomic E-state index is 0.0264. The number of esters is 1. The second-order valence-corrected chi connectivity index (χ2v) is 8.51. The van der Waals surface area contributed by atoms with Crippen LogP contribution < -0.4 is 15.4 Å². The number of hydrogen-bond acceptors (Lipinski definition) is 7. The van der Waals surface area contributed by atoms with Crippen LogP contribution in [0.3, 0.4) is 0 Å². The van der Waals surface area contributed by atoms with Gasteiger partial charge in [-0.2, -0.15) is 0 Å². The third-order valence-electron chi connectivity index (χ3n) is 3.94. The molecule has 0 aromatic heterocycles. The van der Waals surface area contributed by atoms with Gasteiger partial charge in [-0.05, 0) is 30.5 Å². The smallest absolute Gasteiger partial charge is 0.306 e. The highest BCUT2D eigenvalue weighted by atomic mass is 32.2. The molecule has 1 aromatic rings. The number of nitrogens with one attached hydrogen (secondary N) is 2. The first-order valence-electron chi connectivity index (χ1n) is 8.30. The Morgan fingerprint density at radius 1 is 1.22 bits per heavy atom. The highest BCUT2D eigenvalue weighted by molar-refractivity contribution is 7.91. The Hall–Kier alpha value is -2.62. The molecule has 1 aliphatic rings. The van der Waals surface area contributed by atoms with E-state index in [0.29, 0.717) is 23.5 Å². The Labute approximate surface area is 157 Å². The predicted molar refractivity (Wildman–Crippen MR) is 98.3 cm³/mol. The predicted octanol–water partition coefficient (Wildman–Crippen LogP) is 0.960. The van der Waals surface area contributed by atoms with E-state index in [2.05, 4.69) is 10.6 Å². The maximum Gasteiger partial charge on any atom is 0.306 e. The Balaban J connectivity index is 1.87. The first-order chi connectivity index (χ1) is 12.7. The van der Waals surface area contributed by atoms with Crippen LogP contribution in [0.1, 0.15) is 19.8 Å². The highest BCUT2D eigenvalue weighted by Crippen LogP contribution is 2.28. The molecular formula is C17H22N2O7S. The van der Waals surface area contributed by atoms with E-state index in [0.717, 1.165) is 0 Å². The molecule has 0 radical (unpaired) electrons. The highest BCUT2D eigenvalue weighted by Gasteiger charge is 2.30. The van der Waals surface area contributed by atoms with Crippen molar-refractivity contribution in [3.05, 3.63) is 18.2 Å². The normalized spacial score (nSPS) is 17.8. The summed E-state index contributed by atoms with van der Waals surface area (Å²) < 4.78 is 32.9. The molecule has 1 atom stereocenters. The standard InChI is InChI=1S/C17H22N2O7S/c1-11(20)18-13-3-4-15(25-2)14(8-13)19-16(21)9-26-17(22)7-12-5-6-27(23,24)10-12/h3-4,8,12H,5-7,9-10H2,1-2H3,(H,18,20)(H,19,21)/t12-/m0/s1. The number of ether oxygens (including phenoxy) is 2. The third kappa shape index (κ3) is 6.55. The number of rotatable bonds is 7. The molecule has 1 fully saturated rings. The third-order valence-corrected chi connectivity index (χ3v) is 5.78. The fourth-order valence-corrected chi connectivity index (χ4v) is 4.61. The number of methoxy groups -OCH3 is 1. The Morgan fingerprint density at radius 3 is 2.56 bits per heavy atom. The van der Waals surface area contributed by atoms with Crippen molar-refractivity contribution in [1.29, 1.82) is 0 Å². The molecule has 1 aromatic carbocycles. The van der Waals surface area contributed by atoms with Crippen LogP contribution in [-0.2, 0) is 29.0 Å².